The van der Waals surface area contributed by atoms with Crippen LogP contribution in [0.25, 0.3) is 10.8 Å². The first-order valence-electron chi connectivity index (χ1n) is 18.2. The zero-order chi connectivity index (χ0) is 35.9. The second-order valence-electron chi connectivity index (χ2n) is 16.1. The number of hydrogen-bond donors (Lipinski definition) is 1. The van der Waals surface area contributed by atoms with Gasteiger partial charge in [0.25, 0.3) is 0 Å². The number of likely N-dealkylation sites (N-methyl/N-ethyl adjacent to an activating group) is 1. The Morgan fingerprint density at radius 2 is 1.82 bits per heavy atom. The van der Waals surface area contributed by atoms with Crippen molar-refractivity contribution >= 4 is 16.7 Å². The lowest BCUT2D eigenvalue weighted by Gasteiger charge is -2.47. The number of ether oxygens (including phenoxy) is 4. The summed E-state index contributed by atoms with van der Waals surface area (Å²) in [6.07, 6.45) is 4.54. The Morgan fingerprint density at radius 1 is 1.06 bits per heavy atom. The summed E-state index contributed by atoms with van der Waals surface area (Å²) in [7, 11) is 7.89. The SMILES string of the molecule is CO[C@]1(C)C[C@@H](C)CN(C)CCCN(Cc2ccc3cnccc3c2)CCOC(=O)C(C)(C)C[C@H](C)[C@H]1O[C@@H]1O[C@H](C)C[C@H](N(C)C)[C@H]1O. The molecule has 2 fully saturated rings. The minimum atomic E-state index is -0.820. The number of cyclic esters (lactones) is 1. The average molecular weight is 685 g/mol. The van der Waals surface area contributed by atoms with Gasteiger partial charge in [-0.05, 0) is 123 Å². The Hall–Kier alpha value is -2.18. The normalized spacial score (nSPS) is 33.7. The van der Waals surface area contributed by atoms with Gasteiger partial charge in [-0.2, -0.15) is 0 Å². The van der Waals surface area contributed by atoms with E-state index >= 15 is 0 Å². The van der Waals surface area contributed by atoms with E-state index in [1.54, 1.807) is 7.11 Å². The number of esters is 1. The number of benzene rings is 1. The van der Waals surface area contributed by atoms with E-state index in [4.69, 9.17) is 18.9 Å². The van der Waals surface area contributed by atoms with Crippen molar-refractivity contribution in [3.63, 3.8) is 0 Å². The van der Waals surface area contributed by atoms with E-state index in [1.165, 1.54) is 10.9 Å². The molecular weight excluding hydrogens is 620 g/mol. The third-order valence-electron chi connectivity index (χ3n) is 10.7. The third kappa shape index (κ3) is 10.7. The summed E-state index contributed by atoms with van der Waals surface area (Å²) in [5, 5.41) is 13.7. The van der Waals surface area contributed by atoms with Crippen LogP contribution in [0.5, 0.6) is 0 Å². The largest absolute Gasteiger partial charge is 0.464 e. The maximum atomic E-state index is 13.7. The molecule has 276 valence electrons. The van der Waals surface area contributed by atoms with Crippen LogP contribution >= 0.6 is 0 Å². The van der Waals surface area contributed by atoms with E-state index in [2.05, 4.69) is 60.8 Å². The molecule has 10 heteroatoms. The predicted molar refractivity (Wildman–Crippen MR) is 194 cm³/mol. The van der Waals surface area contributed by atoms with Gasteiger partial charge in [-0.15, -0.1) is 0 Å². The van der Waals surface area contributed by atoms with E-state index in [1.807, 2.05) is 58.2 Å². The molecule has 2 aliphatic heterocycles. The van der Waals surface area contributed by atoms with Crippen molar-refractivity contribution in [3.05, 3.63) is 42.2 Å². The van der Waals surface area contributed by atoms with Gasteiger partial charge in [-0.1, -0.05) is 26.0 Å². The zero-order valence-corrected chi connectivity index (χ0v) is 31.9. The van der Waals surface area contributed by atoms with Crippen LogP contribution in [0.4, 0.5) is 0 Å². The number of aliphatic hydroxyl groups is 1. The van der Waals surface area contributed by atoms with Crippen molar-refractivity contribution in [2.75, 3.05) is 61.0 Å². The van der Waals surface area contributed by atoms with Crippen molar-refractivity contribution in [3.8, 4) is 0 Å². The lowest BCUT2D eigenvalue weighted by atomic mass is 9.75. The molecule has 0 radical (unpaired) electrons. The van der Waals surface area contributed by atoms with Crippen LogP contribution in [0.2, 0.25) is 0 Å². The Balaban J connectivity index is 1.56. The number of nitrogens with zero attached hydrogens (tertiary/aromatic N) is 4. The number of hydrogen-bond acceptors (Lipinski definition) is 10. The lowest BCUT2D eigenvalue weighted by molar-refractivity contribution is -0.298. The molecule has 49 heavy (non-hydrogen) atoms. The highest BCUT2D eigenvalue weighted by Crippen LogP contribution is 2.39. The number of aromatic nitrogens is 1. The fourth-order valence-electron chi connectivity index (χ4n) is 8.16. The number of aliphatic hydroxyl groups excluding tert-OH is 1. The highest BCUT2D eigenvalue weighted by molar-refractivity contribution is 5.82. The summed E-state index contributed by atoms with van der Waals surface area (Å²) >= 11 is 0. The minimum Gasteiger partial charge on any atom is -0.464 e. The molecule has 4 rings (SSSR count). The van der Waals surface area contributed by atoms with Crippen molar-refractivity contribution in [1.82, 2.24) is 19.7 Å². The van der Waals surface area contributed by atoms with Crippen LogP contribution in [0.1, 0.15) is 72.8 Å². The van der Waals surface area contributed by atoms with Crippen LogP contribution in [0.15, 0.2) is 36.7 Å². The van der Waals surface area contributed by atoms with Gasteiger partial charge in [0, 0.05) is 50.6 Å². The quantitative estimate of drug-likeness (QED) is 0.409. The molecule has 10 nitrogen and oxygen atoms in total. The molecule has 2 aliphatic rings. The Kier molecular flexibility index (Phi) is 14.0. The molecular formula is C39H64N4O6. The standard InChI is InChI=1S/C39H64N4O6/c1-27-22-39(6,46-10)35(49-36-34(44)33(41(7)8)20-29(3)48-36)28(2)23-38(4,5)37(45)47-19-18-43(17-11-16-42(9)25-27)26-30-12-13-32-24-40-15-14-31(32)21-30/h12-15,21,24,27-29,33-36,44H,11,16-20,22-23,25-26H2,1-10H3/t27-,28+,29-,33+,34-,35-,36+,39-/m1/s1. The van der Waals surface area contributed by atoms with Crippen LogP contribution < -0.4 is 0 Å². The molecule has 0 saturated carbocycles. The number of pyridine rings is 1. The summed E-state index contributed by atoms with van der Waals surface area (Å²) in [5.41, 5.74) is -0.231. The van der Waals surface area contributed by atoms with Crippen molar-refractivity contribution in [1.29, 1.82) is 0 Å². The van der Waals surface area contributed by atoms with Gasteiger partial charge in [0.2, 0.25) is 0 Å². The highest BCUT2D eigenvalue weighted by Gasteiger charge is 2.47. The number of rotatable bonds is 6. The predicted octanol–water partition coefficient (Wildman–Crippen LogP) is 5.21. The molecule has 1 N–H and O–H groups in total. The Morgan fingerprint density at radius 3 is 2.53 bits per heavy atom. The van der Waals surface area contributed by atoms with Crippen molar-refractivity contribution in [2.45, 2.75) is 110 Å². The fraction of sp³-hybridized carbons (Fsp3) is 0.744. The summed E-state index contributed by atoms with van der Waals surface area (Å²) in [5.74, 6) is -0.0302. The summed E-state index contributed by atoms with van der Waals surface area (Å²) in [4.78, 5) is 24.8. The van der Waals surface area contributed by atoms with Gasteiger partial charge >= 0.3 is 5.97 Å². The minimum absolute atomic E-state index is 0.0721. The van der Waals surface area contributed by atoms with Crippen LogP contribution in [0.3, 0.4) is 0 Å². The van der Waals surface area contributed by atoms with Crippen molar-refractivity contribution < 1.29 is 28.8 Å². The first-order chi connectivity index (χ1) is 23.1. The third-order valence-corrected chi connectivity index (χ3v) is 10.7. The van der Waals surface area contributed by atoms with Gasteiger partial charge in [-0.25, -0.2) is 0 Å². The molecule has 0 bridgehead atoms. The number of carbonyl (C=O) groups excluding carboxylic acids is 1. The lowest BCUT2D eigenvalue weighted by Crippen LogP contribution is -2.58. The molecule has 8 atom stereocenters. The van der Waals surface area contributed by atoms with Crippen molar-refractivity contribution in [2.24, 2.45) is 17.3 Å². The Bertz CT molecular complexity index is 1340. The highest BCUT2D eigenvalue weighted by atomic mass is 16.7. The van der Waals surface area contributed by atoms with Crippen LogP contribution in [-0.2, 0) is 30.3 Å². The number of methoxy groups -OCH3 is 1. The van der Waals surface area contributed by atoms with Crippen LogP contribution in [-0.4, -0.2) is 128 Å². The molecule has 2 aromatic rings. The molecule has 0 amide bonds. The van der Waals surface area contributed by atoms with Gasteiger partial charge < -0.3 is 33.9 Å². The van der Waals surface area contributed by atoms with Crippen LogP contribution in [0, 0.1) is 17.3 Å². The molecule has 0 unspecified atom stereocenters. The van der Waals surface area contributed by atoms with Gasteiger partial charge in [0.05, 0.1) is 23.2 Å². The molecule has 1 aromatic heterocycles. The van der Waals surface area contributed by atoms with Gasteiger partial charge in [0.1, 0.15) is 12.7 Å². The van der Waals surface area contributed by atoms with E-state index in [9.17, 15) is 9.90 Å². The van der Waals surface area contributed by atoms with E-state index < -0.39 is 29.5 Å². The molecule has 2 saturated heterocycles. The summed E-state index contributed by atoms with van der Waals surface area (Å²) in [6.45, 7) is 16.9. The van der Waals surface area contributed by atoms with E-state index in [-0.39, 0.29) is 24.0 Å². The average Bonchev–Trinajstić information content (AvgIpc) is 3.03. The number of fused-ring (bicyclic) bond motifs is 1. The van der Waals surface area contributed by atoms with Gasteiger partial charge in [-0.3, -0.25) is 14.7 Å². The first-order valence-corrected chi connectivity index (χ1v) is 18.2. The monoisotopic (exact) mass is 684 g/mol. The number of carbonyl (C=O) groups is 1. The maximum absolute atomic E-state index is 13.7. The first kappa shape index (κ1) is 39.6. The smallest absolute Gasteiger partial charge is 0.311 e. The summed E-state index contributed by atoms with van der Waals surface area (Å²) in [6, 6.07) is 8.48. The topological polar surface area (TPSA) is 96.8 Å². The molecule has 0 spiro atoms. The maximum Gasteiger partial charge on any atom is 0.311 e. The van der Waals surface area contributed by atoms with E-state index in [0.29, 0.717) is 25.5 Å². The molecule has 1 aromatic carbocycles. The van der Waals surface area contributed by atoms with E-state index in [0.717, 1.165) is 50.8 Å². The van der Waals surface area contributed by atoms with Gasteiger partial charge in [0.15, 0.2) is 6.29 Å². The summed E-state index contributed by atoms with van der Waals surface area (Å²) < 4.78 is 25.4. The second kappa shape index (κ2) is 17.4. The Labute approximate surface area is 295 Å². The molecule has 3 heterocycles. The fourth-order valence-corrected chi connectivity index (χ4v) is 8.16. The second-order valence-corrected chi connectivity index (χ2v) is 16.1. The zero-order valence-electron chi connectivity index (χ0n) is 31.9. The molecule has 0 aliphatic carbocycles.